The molecule has 3 aliphatic heterocycles. The normalized spacial score (nSPS) is 31.2. The molecule has 0 radical (unpaired) electrons. The number of hydrogen-bond acceptors (Lipinski definition) is 3. The number of ketones is 1. The van der Waals surface area contributed by atoms with Crippen LogP contribution in [0.4, 0.5) is 10.1 Å². The zero-order valence-electron chi connectivity index (χ0n) is 15.2. The summed E-state index contributed by atoms with van der Waals surface area (Å²) in [6.07, 6.45) is 1.72. The third-order valence-electron chi connectivity index (χ3n) is 6.48. The summed E-state index contributed by atoms with van der Waals surface area (Å²) < 4.78 is 14.3. The number of imide groups is 1. The van der Waals surface area contributed by atoms with Gasteiger partial charge in [0, 0.05) is 18.4 Å². The number of amides is 2. The SMILES string of the molecule is O=C(c1ccccc1)[C@@H]1[C@H]2C(=O)N(c3ccccc3F)C(=O)[C@@H]2[C@H]2CCC[NH+]21. The molecule has 28 heavy (non-hydrogen) atoms. The summed E-state index contributed by atoms with van der Waals surface area (Å²) in [4.78, 5) is 41.8. The van der Waals surface area contributed by atoms with Gasteiger partial charge >= 0.3 is 0 Å². The van der Waals surface area contributed by atoms with E-state index >= 15 is 0 Å². The number of nitrogens with zero attached hydrogens (tertiary/aromatic N) is 1. The molecular weight excluding hydrogens is 359 g/mol. The fourth-order valence-electron chi connectivity index (χ4n) is 5.39. The van der Waals surface area contributed by atoms with Crippen molar-refractivity contribution in [3.8, 4) is 0 Å². The Bertz CT molecular complexity index is 977. The first kappa shape index (κ1) is 17.3. The van der Waals surface area contributed by atoms with Gasteiger partial charge in [0.25, 0.3) is 0 Å². The lowest BCUT2D eigenvalue weighted by molar-refractivity contribution is -0.915. The second kappa shape index (κ2) is 6.34. The number of rotatable bonds is 3. The van der Waals surface area contributed by atoms with Gasteiger partial charge < -0.3 is 4.90 Å². The van der Waals surface area contributed by atoms with E-state index in [1.165, 1.54) is 18.2 Å². The van der Waals surface area contributed by atoms with Crippen LogP contribution in [-0.2, 0) is 9.59 Å². The lowest BCUT2D eigenvalue weighted by Gasteiger charge is -2.25. The van der Waals surface area contributed by atoms with Crippen molar-refractivity contribution in [2.45, 2.75) is 24.9 Å². The number of benzene rings is 2. The number of Topliss-reactive ketones (excluding diaryl/α,β-unsaturated/α-hetero) is 1. The minimum Gasteiger partial charge on any atom is -0.322 e. The summed E-state index contributed by atoms with van der Waals surface area (Å²) in [5, 5.41) is 0. The molecule has 142 valence electrons. The van der Waals surface area contributed by atoms with E-state index < -0.39 is 29.6 Å². The smallest absolute Gasteiger partial charge is 0.244 e. The average molecular weight is 379 g/mol. The molecular formula is C22H20FN2O3+. The van der Waals surface area contributed by atoms with Gasteiger partial charge in [0.05, 0.1) is 12.2 Å². The van der Waals surface area contributed by atoms with Crippen molar-refractivity contribution in [2.75, 3.05) is 11.4 Å². The van der Waals surface area contributed by atoms with Gasteiger partial charge in [-0.2, -0.15) is 0 Å². The zero-order chi connectivity index (χ0) is 19.4. The predicted molar refractivity (Wildman–Crippen MR) is 99.3 cm³/mol. The van der Waals surface area contributed by atoms with Crippen LogP contribution in [0.1, 0.15) is 23.2 Å². The summed E-state index contributed by atoms with van der Waals surface area (Å²) in [5.41, 5.74) is 0.535. The van der Waals surface area contributed by atoms with Crippen LogP contribution >= 0.6 is 0 Å². The first-order valence-corrected chi connectivity index (χ1v) is 9.67. The molecule has 3 aliphatic rings. The van der Waals surface area contributed by atoms with Crippen LogP contribution in [0.5, 0.6) is 0 Å². The van der Waals surface area contributed by atoms with Crippen LogP contribution in [0.15, 0.2) is 54.6 Å². The second-order valence-electron chi connectivity index (χ2n) is 7.80. The van der Waals surface area contributed by atoms with Crippen molar-refractivity contribution in [1.29, 1.82) is 0 Å². The van der Waals surface area contributed by atoms with E-state index in [0.717, 1.165) is 29.2 Å². The van der Waals surface area contributed by atoms with Crippen molar-refractivity contribution in [3.05, 3.63) is 66.0 Å². The van der Waals surface area contributed by atoms with Gasteiger partial charge in [0.15, 0.2) is 6.04 Å². The third-order valence-corrected chi connectivity index (χ3v) is 6.48. The van der Waals surface area contributed by atoms with E-state index in [2.05, 4.69) is 0 Å². The summed E-state index contributed by atoms with van der Waals surface area (Å²) in [5.74, 6) is -2.80. The van der Waals surface area contributed by atoms with Crippen molar-refractivity contribution < 1.29 is 23.7 Å². The minimum atomic E-state index is -0.722. The molecule has 5 atom stereocenters. The van der Waals surface area contributed by atoms with Crippen LogP contribution in [-0.4, -0.2) is 36.2 Å². The van der Waals surface area contributed by atoms with Crippen molar-refractivity contribution in [1.82, 2.24) is 0 Å². The lowest BCUT2D eigenvalue weighted by Crippen LogP contribution is -3.16. The Hall–Kier alpha value is -2.86. The first-order valence-electron chi connectivity index (χ1n) is 9.67. The number of fused-ring (bicyclic) bond motifs is 3. The Morgan fingerprint density at radius 1 is 0.964 bits per heavy atom. The number of quaternary nitrogens is 1. The van der Waals surface area contributed by atoms with Gasteiger partial charge in [-0.15, -0.1) is 0 Å². The van der Waals surface area contributed by atoms with Crippen LogP contribution in [0.25, 0.3) is 0 Å². The van der Waals surface area contributed by atoms with Gasteiger partial charge in [-0.3, -0.25) is 14.4 Å². The van der Waals surface area contributed by atoms with Gasteiger partial charge in [-0.05, 0) is 12.1 Å². The maximum atomic E-state index is 14.3. The fraction of sp³-hybridized carbons (Fsp3) is 0.318. The molecule has 6 heteroatoms. The quantitative estimate of drug-likeness (QED) is 0.645. The minimum absolute atomic E-state index is 0.0163. The molecule has 3 fully saturated rings. The summed E-state index contributed by atoms with van der Waals surface area (Å²) in [6.45, 7) is 0.779. The Morgan fingerprint density at radius 3 is 2.39 bits per heavy atom. The summed E-state index contributed by atoms with van der Waals surface area (Å²) in [6, 6.07) is 14.1. The highest BCUT2D eigenvalue weighted by atomic mass is 19.1. The van der Waals surface area contributed by atoms with Gasteiger partial charge in [-0.1, -0.05) is 42.5 Å². The molecule has 0 bridgehead atoms. The summed E-state index contributed by atoms with van der Waals surface area (Å²) in [7, 11) is 0. The van der Waals surface area contributed by atoms with E-state index in [9.17, 15) is 18.8 Å². The third kappa shape index (κ3) is 2.31. The lowest BCUT2D eigenvalue weighted by atomic mass is 9.85. The molecule has 3 saturated heterocycles. The molecule has 2 aromatic rings. The van der Waals surface area contributed by atoms with E-state index in [4.69, 9.17) is 0 Å². The van der Waals surface area contributed by atoms with Crippen LogP contribution < -0.4 is 9.80 Å². The van der Waals surface area contributed by atoms with Crippen molar-refractivity contribution in [2.24, 2.45) is 11.8 Å². The summed E-state index contributed by atoms with van der Waals surface area (Å²) >= 11 is 0. The maximum Gasteiger partial charge on any atom is 0.244 e. The number of carbonyl (C=O) groups excluding carboxylic acids is 3. The number of halogens is 1. The van der Waals surface area contributed by atoms with Crippen LogP contribution in [0.2, 0.25) is 0 Å². The van der Waals surface area contributed by atoms with Crippen LogP contribution in [0.3, 0.4) is 0 Å². The average Bonchev–Trinajstić information content (AvgIpc) is 3.35. The molecule has 1 unspecified atom stereocenters. The topological polar surface area (TPSA) is 58.9 Å². The monoisotopic (exact) mass is 379 g/mol. The van der Waals surface area contributed by atoms with Crippen LogP contribution in [0, 0.1) is 17.7 Å². The van der Waals surface area contributed by atoms with E-state index in [1.807, 2.05) is 6.07 Å². The number of hydrogen-bond donors (Lipinski definition) is 1. The van der Waals surface area contributed by atoms with Crippen molar-refractivity contribution >= 4 is 23.3 Å². The highest BCUT2D eigenvalue weighted by molar-refractivity contribution is 6.24. The molecule has 0 spiro atoms. The number of nitrogens with one attached hydrogen (secondary N) is 1. The van der Waals surface area contributed by atoms with E-state index in [1.54, 1.807) is 30.3 Å². The number of para-hydroxylation sites is 1. The van der Waals surface area contributed by atoms with Gasteiger partial charge in [0.1, 0.15) is 23.7 Å². The number of anilines is 1. The predicted octanol–water partition coefficient (Wildman–Crippen LogP) is 1.24. The molecule has 2 aromatic carbocycles. The molecule has 1 N–H and O–H groups in total. The highest BCUT2D eigenvalue weighted by Gasteiger charge is 2.68. The van der Waals surface area contributed by atoms with Crippen molar-refractivity contribution in [3.63, 3.8) is 0 Å². The molecule has 0 saturated carbocycles. The molecule has 5 nitrogen and oxygen atoms in total. The fourth-order valence-corrected chi connectivity index (χ4v) is 5.39. The number of carbonyl (C=O) groups is 3. The second-order valence-corrected chi connectivity index (χ2v) is 7.80. The van der Waals surface area contributed by atoms with Gasteiger partial charge in [0.2, 0.25) is 17.6 Å². The Labute approximate surface area is 161 Å². The molecule has 5 rings (SSSR count). The highest BCUT2D eigenvalue weighted by Crippen LogP contribution is 2.40. The Morgan fingerprint density at radius 2 is 1.64 bits per heavy atom. The largest absolute Gasteiger partial charge is 0.322 e. The van der Waals surface area contributed by atoms with E-state index in [0.29, 0.717) is 5.56 Å². The van der Waals surface area contributed by atoms with E-state index in [-0.39, 0.29) is 23.4 Å². The molecule has 0 aliphatic carbocycles. The molecule has 0 aromatic heterocycles. The standard InChI is InChI=1S/C22H19FN2O3/c23-14-9-4-5-10-15(14)25-21(27)17-16-11-6-12-24(16)19(18(17)22(25)28)20(26)13-7-2-1-3-8-13/h1-5,7-10,16-19H,6,11-12H2/p+1/t16-,17-,18+,19+/m1/s1. The first-order chi connectivity index (χ1) is 13.6. The Balaban J connectivity index is 1.58. The zero-order valence-corrected chi connectivity index (χ0v) is 15.2. The Kier molecular flexibility index (Phi) is 3.91. The maximum absolute atomic E-state index is 14.3. The van der Waals surface area contributed by atoms with Gasteiger partial charge in [-0.25, -0.2) is 9.29 Å². The molecule has 3 heterocycles. The molecule has 2 amide bonds.